The maximum atomic E-state index is 13.4. The molecule has 1 aromatic heterocycles. The lowest BCUT2D eigenvalue weighted by Crippen LogP contribution is -2.45. The van der Waals surface area contributed by atoms with Crippen LogP contribution in [0, 0.1) is 10.8 Å². The first-order valence-corrected chi connectivity index (χ1v) is 16.0. The van der Waals surface area contributed by atoms with Crippen molar-refractivity contribution in [1.82, 2.24) is 15.1 Å². The first-order valence-electron chi connectivity index (χ1n) is 13.2. The predicted molar refractivity (Wildman–Crippen MR) is 145 cm³/mol. The minimum Gasteiger partial charge on any atom is -0.348 e. The van der Waals surface area contributed by atoms with Crippen LogP contribution in [0.15, 0.2) is 46.7 Å². The van der Waals surface area contributed by atoms with E-state index in [-0.39, 0.29) is 28.7 Å². The van der Waals surface area contributed by atoms with Gasteiger partial charge in [0, 0.05) is 36.2 Å². The lowest BCUT2D eigenvalue weighted by atomic mass is 9.77. The zero-order valence-corrected chi connectivity index (χ0v) is 23.4. The lowest BCUT2D eigenvalue weighted by Gasteiger charge is -2.38. The smallest absolute Gasteiger partial charge is 0.229 e. The summed E-state index contributed by atoms with van der Waals surface area (Å²) in [6, 6.07) is 11.1. The van der Waals surface area contributed by atoms with Gasteiger partial charge in [-0.25, -0.2) is 8.42 Å². The Morgan fingerprint density at radius 1 is 1.05 bits per heavy atom. The minimum absolute atomic E-state index is 0.0403. The molecule has 1 spiro atoms. The van der Waals surface area contributed by atoms with Crippen LogP contribution in [-0.2, 0) is 26.0 Å². The van der Waals surface area contributed by atoms with Gasteiger partial charge >= 0.3 is 0 Å². The van der Waals surface area contributed by atoms with E-state index < -0.39 is 9.84 Å². The van der Waals surface area contributed by atoms with E-state index in [1.54, 1.807) is 23.5 Å². The van der Waals surface area contributed by atoms with E-state index in [4.69, 9.17) is 0 Å². The molecule has 1 atom stereocenters. The van der Waals surface area contributed by atoms with Gasteiger partial charge in [-0.1, -0.05) is 25.1 Å². The number of rotatable bonds is 9. The summed E-state index contributed by atoms with van der Waals surface area (Å²) in [5, 5.41) is 5.37. The van der Waals surface area contributed by atoms with Gasteiger partial charge in [0.2, 0.25) is 11.8 Å². The van der Waals surface area contributed by atoms with Crippen molar-refractivity contribution < 1.29 is 18.0 Å². The third kappa shape index (κ3) is 5.78. The lowest BCUT2D eigenvalue weighted by molar-refractivity contribution is -0.139. The molecule has 37 heavy (non-hydrogen) atoms. The molecule has 1 aliphatic carbocycles. The molecule has 1 unspecified atom stereocenters. The molecule has 2 amide bonds. The van der Waals surface area contributed by atoms with Crippen LogP contribution in [0.25, 0.3) is 0 Å². The van der Waals surface area contributed by atoms with E-state index >= 15 is 0 Å². The molecule has 7 nitrogen and oxygen atoms in total. The van der Waals surface area contributed by atoms with Crippen LogP contribution in [-0.4, -0.2) is 62.5 Å². The molecule has 3 aliphatic rings. The monoisotopic (exact) mass is 543 g/mol. The van der Waals surface area contributed by atoms with Gasteiger partial charge in [0.05, 0.1) is 16.4 Å². The fourth-order valence-corrected chi connectivity index (χ4v) is 7.05. The maximum absolute atomic E-state index is 13.4. The van der Waals surface area contributed by atoms with Gasteiger partial charge in [-0.3, -0.25) is 9.59 Å². The summed E-state index contributed by atoms with van der Waals surface area (Å²) in [7, 11) is -3.22. The van der Waals surface area contributed by atoms with Gasteiger partial charge in [-0.05, 0) is 80.8 Å². The summed E-state index contributed by atoms with van der Waals surface area (Å²) in [6.45, 7) is 6.01. The molecule has 2 aliphatic heterocycles. The zero-order valence-electron chi connectivity index (χ0n) is 21.7. The van der Waals surface area contributed by atoms with Crippen molar-refractivity contribution in [1.29, 1.82) is 0 Å². The van der Waals surface area contributed by atoms with Crippen molar-refractivity contribution in [3.63, 3.8) is 0 Å². The second kappa shape index (κ2) is 10.2. The van der Waals surface area contributed by atoms with Gasteiger partial charge in [-0.2, -0.15) is 0 Å². The average Bonchev–Trinajstić information content (AvgIpc) is 3.28. The number of hydrogen-bond donors (Lipinski definition) is 1. The molecule has 3 fully saturated rings. The fraction of sp³-hybridized carbons (Fsp3) is 0.571. The highest BCUT2D eigenvalue weighted by atomic mass is 32.2. The Balaban J connectivity index is 1.13. The van der Waals surface area contributed by atoms with E-state index in [2.05, 4.69) is 21.7 Å². The van der Waals surface area contributed by atoms with E-state index in [9.17, 15) is 18.0 Å². The van der Waals surface area contributed by atoms with Crippen LogP contribution in [0.2, 0.25) is 0 Å². The molecule has 1 aromatic carbocycles. The SMILES string of the molecule is CC1(C(=O)NC(CCN2CCC3(CC2)CCN(Cc2ccc(S(C)(=O)=O)cc2)C3=O)c2cccs2)CC1. The molecule has 2 saturated heterocycles. The number of benzene rings is 1. The summed E-state index contributed by atoms with van der Waals surface area (Å²) in [5.41, 5.74) is 0.500. The van der Waals surface area contributed by atoms with E-state index in [1.165, 1.54) is 11.1 Å². The van der Waals surface area contributed by atoms with Gasteiger partial charge in [0.1, 0.15) is 0 Å². The first-order chi connectivity index (χ1) is 17.6. The molecular formula is C28H37N3O4S2. The number of thiophene rings is 1. The Bertz CT molecular complexity index is 1230. The van der Waals surface area contributed by atoms with Crippen molar-refractivity contribution in [2.24, 2.45) is 10.8 Å². The summed E-state index contributed by atoms with van der Waals surface area (Å²) in [6.07, 6.45) is 6.64. The van der Waals surface area contributed by atoms with Gasteiger partial charge < -0.3 is 15.1 Å². The third-order valence-electron chi connectivity index (χ3n) is 8.61. The number of likely N-dealkylation sites (tertiary alicyclic amines) is 2. The van der Waals surface area contributed by atoms with Gasteiger partial charge in [0.15, 0.2) is 9.84 Å². The van der Waals surface area contributed by atoms with Crippen LogP contribution in [0.1, 0.15) is 61.9 Å². The normalized spacial score (nSPS) is 21.8. The Hall–Kier alpha value is -2.23. The van der Waals surface area contributed by atoms with Crippen molar-refractivity contribution in [3.8, 4) is 0 Å². The molecule has 5 rings (SSSR count). The highest BCUT2D eigenvalue weighted by Crippen LogP contribution is 2.46. The Morgan fingerprint density at radius 2 is 1.73 bits per heavy atom. The second-order valence-corrected chi connectivity index (χ2v) is 14.4. The number of hydrogen-bond acceptors (Lipinski definition) is 6. The standard InChI is InChI=1S/C28H37N3O4S2/c1-27(10-11-27)25(32)29-23(24-4-3-19-36-24)9-15-30-16-12-28(13-17-30)14-18-31(26(28)33)20-21-5-7-22(8-6-21)37(2,34)35/h3-8,19,23H,9-18,20H2,1-2H3,(H,29,32). The molecule has 3 heterocycles. The predicted octanol–water partition coefficient (Wildman–Crippen LogP) is 4.01. The van der Waals surface area contributed by atoms with Gasteiger partial charge in [0.25, 0.3) is 0 Å². The second-order valence-electron chi connectivity index (χ2n) is 11.4. The van der Waals surface area contributed by atoms with Crippen LogP contribution < -0.4 is 5.32 Å². The van der Waals surface area contributed by atoms with Crippen molar-refractivity contribution in [2.45, 2.75) is 62.9 Å². The van der Waals surface area contributed by atoms with E-state index in [0.717, 1.165) is 70.3 Å². The Labute approximate surface area is 224 Å². The summed E-state index contributed by atoms with van der Waals surface area (Å²) in [4.78, 5) is 32.0. The summed E-state index contributed by atoms with van der Waals surface area (Å²) >= 11 is 1.70. The fourth-order valence-electron chi connectivity index (χ4n) is 5.61. The third-order valence-corrected chi connectivity index (χ3v) is 10.7. The molecular weight excluding hydrogens is 506 g/mol. The summed E-state index contributed by atoms with van der Waals surface area (Å²) < 4.78 is 23.4. The maximum Gasteiger partial charge on any atom is 0.229 e. The minimum atomic E-state index is -3.22. The van der Waals surface area contributed by atoms with Crippen molar-refractivity contribution >= 4 is 33.0 Å². The molecule has 2 aromatic rings. The van der Waals surface area contributed by atoms with Crippen molar-refractivity contribution in [3.05, 3.63) is 52.2 Å². The first kappa shape index (κ1) is 26.4. The van der Waals surface area contributed by atoms with Crippen LogP contribution >= 0.6 is 11.3 Å². The Morgan fingerprint density at radius 3 is 2.32 bits per heavy atom. The topological polar surface area (TPSA) is 86.8 Å². The number of sulfone groups is 1. The number of amides is 2. The highest BCUT2D eigenvalue weighted by Gasteiger charge is 2.48. The molecule has 0 radical (unpaired) electrons. The van der Waals surface area contributed by atoms with Gasteiger partial charge in [-0.15, -0.1) is 11.3 Å². The molecule has 9 heteroatoms. The van der Waals surface area contributed by atoms with E-state index in [1.807, 2.05) is 30.0 Å². The Kier molecular flexibility index (Phi) is 7.24. The van der Waals surface area contributed by atoms with Crippen LogP contribution in [0.4, 0.5) is 0 Å². The largest absolute Gasteiger partial charge is 0.348 e. The zero-order chi connectivity index (χ0) is 26.3. The quantitative estimate of drug-likeness (QED) is 0.516. The van der Waals surface area contributed by atoms with Crippen LogP contribution in [0.5, 0.6) is 0 Å². The molecule has 0 bridgehead atoms. The molecule has 1 saturated carbocycles. The number of nitrogens with zero attached hydrogens (tertiary/aromatic N) is 2. The molecule has 200 valence electrons. The number of carbonyl (C=O) groups is 2. The number of carbonyl (C=O) groups excluding carboxylic acids is 2. The number of piperidine rings is 1. The summed E-state index contributed by atoms with van der Waals surface area (Å²) in [5.74, 6) is 0.409. The average molecular weight is 544 g/mol. The van der Waals surface area contributed by atoms with Crippen molar-refractivity contribution in [2.75, 3.05) is 32.4 Å². The van der Waals surface area contributed by atoms with Crippen LogP contribution in [0.3, 0.4) is 0 Å². The number of nitrogens with one attached hydrogen (secondary N) is 1. The molecule has 1 N–H and O–H groups in total. The highest BCUT2D eigenvalue weighted by molar-refractivity contribution is 7.90. The van der Waals surface area contributed by atoms with E-state index in [0.29, 0.717) is 11.4 Å².